The predicted octanol–water partition coefficient (Wildman–Crippen LogP) is 2.61. The second-order valence-electron chi connectivity index (χ2n) is 5.29. The van der Waals surface area contributed by atoms with Crippen LogP contribution >= 0.6 is 0 Å². The number of aryl methyl sites for hydroxylation is 1. The first-order valence-corrected chi connectivity index (χ1v) is 7.53. The fourth-order valence-corrected chi connectivity index (χ4v) is 2.33. The summed E-state index contributed by atoms with van der Waals surface area (Å²) in [6.45, 7) is 3.61. The molecule has 0 bridgehead atoms. The first-order chi connectivity index (χ1) is 11.5. The van der Waals surface area contributed by atoms with Crippen molar-refractivity contribution in [2.45, 2.75) is 13.8 Å². The summed E-state index contributed by atoms with van der Waals surface area (Å²) in [5.41, 5.74) is 2.62. The molecule has 0 aromatic heterocycles. The van der Waals surface area contributed by atoms with Gasteiger partial charge in [0.05, 0.1) is 0 Å². The van der Waals surface area contributed by atoms with E-state index >= 15 is 0 Å². The minimum Gasteiger partial charge on any atom is -0.407 e. The molecule has 0 fully saturated rings. The van der Waals surface area contributed by atoms with Crippen LogP contribution in [0.3, 0.4) is 0 Å². The molecule has 0 aliphatic heterocycles. The Morgan fingerprint density at radius 3 is 2.75 bits per heavy atom. The molecule has 1 N–H and O–H groups in total. The van der Waals surface area contributed by atoms with Crippen LogP contribution in [0.25, 0.3) is 0 Å². The van der Waals surface area contributed by atoms with Gasteiger partial charge in [0.25, 0.3) is 0 Å². The number of nitrogens with zero attached hydrogens (tertiary/aromatic N) is 1. The Hall–Kier alpha value is -2.89. The summed E-state index contributed by atoms with van der Waals surface area (Å²) in [4.78, 5) is 28.5. The van der Waals surface area contributed by atoms with Crippen LogP contribution in [0.2, 0.25) is 0 Å². The van der Waals surface area contributed by atoms with Crippen LogP contribution < -0.4 is 5.32 Å². The number of ether oxygens (including phenoxy) is 1. The number of carbonyl (C=O) groups excluding carboxylic acids is 2. The van der Waals surface area contributed by atoms with Crippen molar-refractivity contribution >= 4 is 23.3 Å². The number of allylic oxidation sites excluding steroid dienone is 2. The van der Waals surface area contributed by atoms with Gasteiger partial charge in [-0.1, -0.05) is 41.6 Å². The number of ketones is 1. The summed E-state index contributed by atoms with van der Waals surface area (Å²) >= 11 is 0. The van der Waals surface area contributed by atoms with Crippen molar-refractivity contribution in [2.75, 3.05) is 19.0 Å². The van der Waals surface area contributed by atoms with Crippen LogP contribution in [0, 0.1) is 12.8 Å². The van der Waals surface area contributed by atoms with Gasteiger partial charge in [0.15, 0.2) is 5.78 Å². The van der Waals surface area contributed by atoms with Crippen molar-refractivity contribution < 1.29 is 19.2 Å². The highest BCUT2D eigenvalue weighted by Crippen LogP contribution is 2.20. The quantitative estimate of drug-likeness (QED) is 0.389. The highest BCUT2D eigenvalue weighted by atomic mass is 16.6. The van der Waals surface area contributed by atoms with Gasteiger partial charge in [-0.15, -0.1) is 0 Å². The molecule has 6 heteroatoms. The first-order valence-electron chi connectivity index (χ1n) is 7.53. The number of nitrogens with one attached hydrogen (secondary N) is 1. The van der Waals surface area contributed by atoms with Gasteiger partial charge in [0, 0.05) is 24.7 Å². The smallest absolute Gasteiger partial charge is 0.309 e. The maximum Gasteiger partial charge on any atom is 0.309 e. The highest BCUT2D eigenvalue weighted by molar-refractivity contribution is 6.13. The Balaban J connectivity index is 2.11. The van der Waals surface area contributed by atoms with Crippen LogP contribution in [0.1, 0.15) is 12.5 Å². The number of carbonyl (C=O) groups is 2. The van der Waals surface area contributed by atoms with Crippen LogP contribution in [0.4, 0.5) is 5.69 Å². The lowest BCUT2D eigenvalue weighted by Gasteiger charge is -2.19. The second kappa shape index (κ2) is 8.10. The topological polar surface area (TPSA) is 77.0 Å². The number of anilines is 1. The van der Waals surface area contributed by atoms with Gasteiger partial charge in [0.2, 0.25) is 5.90 Å². The summed E-state index contributed by atoms with van der Waals surface area (Å²) in [6, 6.07) is 7.83. The summed E-state index contributed by atoms with van der Waals surface area (Å²) in [5.74, 6) is -1.57. The van der Waals surface area contributed by atoms with E-state index in [2.05, 4.69) is 15.3 Å². The Morgan fingerprint density at radius 1 is 1.33 bits per heavy atom. The van der Waals surface area contributed by atoms with Gasteiger partial charge in [-0.25, -0.2) is 0 Å². The van der Waals surface area contributed by atoms with E-state index in [-0.39, 0.29) is 11.7 Å². The molecule has 0 saturated heterocycles. The lowest BCUT2D eigenvalue weighted by atomic mass is 9.92. The normalized spacial score (nSPS) is 17.3. The van der Waals surface area contributed by atoms with Gasteiger partial charge in [-0.05, 0) is 18.6 Å². The van der Waals surface area contributed by atoms with Crippen molar-refractivity contribution in [3.8, 4) is 0 Å². The lowest BCUT2D eigenvalue weighted by Crippen LogP contribution is -2.31. The summed E-state index contributed by atoms with van der Waals surface area (Å²) < 4.78 is 5.00. The molecule has 1 aromatic carbocycles. The van der Waals surface area contributed by atoms with Crippen LogP contribution in [-0.4, -0.2) is 31.3 Å². The Kier molecular flexibility index (Phi) is 5.89. The third kappa shape index (κ3) is 4.32. The van der Waals surface area contributed by atoms with Gasteiger partial charge >= 0.3 is 5.97 Å². The highest BCUT2D eigenvalue weighted by Gasteiger charge is 2.29. The molecule has 0 amide bonds. The average molecular weight is 328 g/mol. The van der Waals surface area contributed by atoms with Crippen LogP contribution in [-0.2, 0) is 19.2 Å². The molecule has 24 heavy (non-hydrogen) atoms. The Labute approximate surface area is 140 Å². The van der Waals surface area contributed by atoms with Crippen LogP contribution in [0.5, 0.6) is 0 Å². The molecule has 0 radical (unpaired) electrons. The molecule has 6 nitrogen and oxygen atoms in total. The first kappa shape index (κ1) is 17.5. The van der Waals surface area contributed by atoms with E-state index in [1.165, 1.54) is 14.0 Å². The molecule has 2 rings (SSSR count). The van der Waals surface area contributed by atoms with E-state index in [0.717, 1.165) is 11.3 Å². The number of rotatable bonds is 5. The Morgan fingerprint density at radius 2 is 2.08 bits per heavy atom. The van der Waals surface area contributed by atoms with Gasteiger partial charge in [-0.3, -0.25) is 9.59 Å². The third-order valence-corrected chi connectivity index (χ3v) is 3.51. The molecule has 1 atom stereocenters. The van der Waals surface area contributed by atoms with Gasteiger partial charge < -0.3 is 14.9 Å². The number of Topliss-reactive ketones (excluding diaryl/α,β-unsaturated/α-hetero) is 1. The molecule has 1 aliphatic carbocycles. The van der Waals surface area contributed by atoms with E-state index in [0.29, 0.717) is 12.1 Å². The van der Waals surface area contributed by atoms with E-state index < -0.39 is 11.9 Å². The number of oxime groups is 1. The number of hydrogen-bond donors (Lipinski definition) is 1. The van der Waals surface area contributed by atoms with Gasteiger partial charge in [0.1, 0.15) is 13.0 Å². The lowest BCUT2D eigenvalue weighted by molar-refractivity contribution is -0.133. The maximum absolute atomic E-state index is 12.6. The molecule has 0 saturated carbocycles. The zero-order valence-corrected chi connectivity index (χ0v) is 13.9. The molecule has 1 aliphatic rings. The molecule has 1 aromatic rings. The van der Waals surface area contributed by atoms with Crippen molar-refractivity contribution in [2.24, 2.45) is 11.1 Å². The zero-order chi connectivity index (χ0) is 17.5. The second-order valence-corrected chi connectivity index (χ2v) is 5.29. The van der Waals surface area contributed by atoms with Crippen molar-refractivity contribution in [3.05, 3.63) is 53.6 Å². The minimum absolute atomic E-state index is 0.0623. The fraction of sp³-hybridized carbons (Fsp3) is 0.278. The van der Waals surface area contributed by atoms with E-state index in [1.54, 1.807) is 18.2 Å². The van der Waals surface area contributed by atoms with E-state index in [4.69, 9.17) is 4.74 Å². The molecule has 1 unspecified atom stereocenters. The average Bonchev–Trinajstić information content (AvgIpc) is 2.54. The number of para-hydroxylation sites is 1. The molecule has 126 valence electrons. The summed E-state index contributed by atoms with van der Waals surface area (Å²) in [7, 11) is 1.33. The Bertz CT molecular complexity index is 719. The monoisotopic (exact) mass is 328 g/mol. The minimum atomic E-state index is -0.771. The molecular weight excluding hydrogens is 308 g/mol. The third-order valence-electron chi connectivity index (χ3n) is 3.51. The number of esters is 1. The largest absolute Gasteiger partial charge is 0.407 e. The summed E-state index contributed by atoms with van der Waals surface area (Å²) in [5, 5.41) is 6.90. The van der Waals surface area contributed by atoms with E-state index in [1.807, 2.05) is 31.2 Å². The van der Waals surface area contributed by atoms with Crippen molar-refractivity contribution in [3.63, 3.8) is 0 Å². The standard InChI is InChI=1S/C18H20N2O4/c1-12-7-4-5-10-16(12)19-11-14-8-6-9-15(17(14)22)18(20-23-3)24-13(2)21/h4-10,15,19H,11H2,1-3H3. The van der Waals surface area contributed by atoms with Crippen LogP contribution in [0.15, 0.2) is 53.2 Å². The number of hydrogen-bond acceptors (Lipinski definition) is 6. The van der Waals surface area contributed by atoms with Gasteiger partial charge in [-0.2, -0.15) is 0 Å². The van der Waals surface area contributed by atoms with Crippen molar-refractivity contribution in [1.82, 2.24) is 0 Å². The van der Waals surface area contributed by atoms with Crippen molar-refractivity contribution in [1.29, 1.82) is 0 Å². The zero-order valence-electron chi connectivity index (χ0n) is 13.9. The fourth-order valence-electron chi connectivity index (χ4n) is 2.33. The van der Waals surface area contributed by atoms with E-state index in [9.17, 15) is 9.59 Å². The SMILES string of the molecule is CON=C(OC(C)=O)C1C=CC=C(CNc2ccccc2C)C1=O. The maximum atomic E-state index is 12.6. The molecule has 0 spiro atoms. The predicted molar refractivity (Wildman–Crippen MR) is 91.6 cm³/mol. The molecule has 0 heterocycles. The molecular formula is C18H20N2O4. The summed E-state index contributed by atoms with van der Waals surface area (Å²) in [6.07, 6.45) is 5.11. The number of benzene rings is 1.